The molecule has 7 rings (SSSR count). The number of benzene rings is 3. The summed E-state index contributed by atoms with van der Waals surface area (Å²) in [5.41, 5.74) is 2.68. The second-order valence-electron chi connectivity index (χ2n) is 16.2. The molecule has 4 N–H and O–H groups in total. The molecule has 0 bridgehead atoms. The van der Waals surface area contributed by atoms with E-state index in [-0.39, 0.29) is 58.9 Å². The predicted octanol–water partition coefficient (Wildman–Crippen LogP) is 5.88. The number of piperidine rings is 1. The Labute approximate surface area is 384 Å². The third kappa shape index (κ3) is 11.4. The van der Waals surface area contributed by atoms with Crippen LogP contribution in [0.3, 0.4) is 0 Å². The summed E-state index contributed by atoms with van der Waals surface area (Å²) in [4.78, 5) is 107. The number of carbonyl (C=O) groups is 7. The summed E-state index contributed by atoms with van der Waals surface area (Å²) in [6.45, 7) is 2.22. The van der Waals surface area contributed by atoms with Crippen LogP contribution in [-0.2, 0) is 25.6 Å². The largest absolute Gasteiger partial charge is 0.494 e. The van der Waals surface area contributed by atoms with E-state index >= 15 is 0 Å². The van der Waals surface area contributed by atoms with Gasteiger partial charge < -0.3 is 20.1 Å². The SMILES string of the molecule is Cc1nc2c(C(=O)Nc3cccc(OCCCCCC(=O)CCCCCCNC(=O)COc4cccc5c4C(=O)N(C4CCC(=O)NC4=O)C5=O)c3)c[nH]n2c(=O)c1Cc1ccc(Cl)cc1. The Morgan fingerprint density at radius 1 is 0.864 bits per heavy atom. The van der Waals surface area contributed by atoms with E-state index in [0.717, 1.165) is 49.0 Å². The Balaban J connectivity index is 0.734. The maximum atomic E-state index is 13.3. The van der Waals surface area contributed by atoms with E-state index in [1.165, 1.54) is 28.9 Å². The zero-order valence-corrected chi connectivity index (χ0v) is 37.2. The van der Waals surface area contributed by atoms with Crippen LogP contribution < -0.4 is 31.0 Å². The lowest BCUT2D eigenvalue weighted by atomic mass is 10.0. The first-order valence-electron chi connectivity index (χ1n) is 22.0. The van der Waals surface area contributed by atoms with Gasteiger partial charge in [0.1, 0.15) is 28.9 Å². The number of imide groups is 2. The molecule has 3 aromatic carbocycles. The number of Topliss-reactive ketones (excluding diaryl/α,β-unsaturated/α-hetero) is 1. The van der Waals surface area contributed by atoms with Crippen LogP contribution in [0.25, 0.3) is 5.65 Å². The number of ketones is 1. The molecule has 0 radical (unpaired) electrons. The zero-order chi connectivity index (χ0) is 46.7. The van der Waals surface area contributed by atoms with Gasteiger partial charge in [-0.3, -0.25) is 53.7 Å². The molecule has 0 spiro atoms. The van der Waals surface area contributed by atoms with Gasteiger partial charge in [0.15, 0.2) is 12.3 Å². The first-order chi connectivity index (χ1) is 31.9. The average molecular weight is 920 g/mol. The Hall–Kier alpha value is -7.14. The van der Waals surface area contributed by atoms with Crippen LogP contribution in [0.1, 0.15) is 119 Å². The molecule has 1 atom stereocenters. The van der Waals surface area contributed by atoms with Gasteiger partial charge >= 0.3 is 0 Å². The van der Waals surface area contributed by atoms with Crippen molar-refractivity contribution in [2.45, 2.75) is 90.0 Å². The van der Waals surface area contributed by atoms with Gasteiger partial charge in [-0.1, -0.05) is 48.7 Å². The molecule has 4 heterocycles. The average Bonchev–Trinajstić information content (AvgIpc) is 3.83. The molecule has 1 saturated heterocycles. The van der Waals surface area contributed by atoms with Gasteiger partial charge in [-0.25, -0.2) is 9.50 Å². The minimum atomic E-state index is -1.10. The number of carbonyl (C=O) groups excluding carboxylic acids is 7. The molecule has 5 aromatic rings. The summed E-state index contributed by atoms with van der Waals surface area (Å²) in [6.07, 6.45) is 8.32. The Morgan fingerprint density at radius 2 is 1.61 bits per heavy atom. The van der Waals surface area contributed by atoms with E-state index in [2.05, 4.69) is 26.0 Å². The van der Waals surface area contributed by atoms with Crippen LogP contribution in [0.5, 0.6) is 11.5 Å². The fourth-order valence-electron chi connectivity index (χ4n) is 7.94. The number of unbranched alkanes of at least 4 members (excludes halogenated alkanes) is 5. The number of H-pyrrole nitrogens is 1. The smallest absolute Gasteiger partial charge is 0.276 e. The highest BCUT2D eigenvalue weighted by Gasteiger charge is 2.46. The maximum absolute atomic E-state index is 13.3. The molecule has 344 valence electrons. The maximum Gasteiger partial charge on any atom is 0.276 e. The van der Waals surface area contributed by atoms with Crippen molar-refractivity contribution in [1.29, 1.82) is 0 Å². The number of aryl methyl sites for hydroxylation is 1. The van der Waals surface area contributed by atoms with E-state index in [1.54, 1.807) is 43.3 Å². The summed E-state index contributed by atoms with van der Waals surface area (Å²) in [5.74, 6) is -2.53. The normalized spacial score (nSPS) is 14.6. The number of aromatic nitrogens is 3. The molecule has 0 saturated carbocycles. The number of fused-ring (bicyclic) bond motifs is 2. The molecular formula is C48H50ClN7O10. The molecule has 2 aliphatic rings. The van der Waals surface area contributed by atoms with Crippen LogP contribution in [0.2, 0.25) is 5.02 Å². The number of hydrogen-bond acceptors (Lipinski definition) is 11. The highest BCUT2D eigenvalue weighted by molar-refractivity contribution is 6.30. The molecule has 2 aliphatic heterocycles. The Kier molecular flexibility index (Phi) is 15.4. The number of aromatic amines is 1. The van der Waals surface area contributed by atoms with Gasteiger partial charge in [0.2, 0.25) is 11.8 Å². The van der Waals surface area contributed by atoms with Crippen LogP contribution in [0.15, 0.2) is 77.7 Å². The van der Waals surface area contributed by atoms with Crippen molar-refractivity contribution < 1.29 is 43.0 Å². The molecule has 0 aliphatic carbocycles. The van der Waals surface area contributed by atoms with Crippen LogP contribution in [0, 0.1) is 6.92 Å². The summed E-state index contributed by atoms with van der Waals surface area (Å²) in [5, 5.41) is 11.3. The fraction of sp³-hybridized carbons (Fsp3) is 0.354. The van der Waals surface area contributed by atoms with Gasteiger partial charge in [0, 0.05) is 66.5 Å². The van der Waals surface area contributed by atoms with Gasteiger partial charge in [0.05, 0.1) is 17.7 Å². The number of halogens is 1. The first-order valence-corrected chi connectivity index (χ1v) is 22.4. The summed E-state index contributed by atoms with van der Waals surface area (Å²) in [6, 6.07) is 17.6. The van der Waals surface area contributed by atoms with E-state index in [4.69, 9.17) is 21.1 Å². The van der Waals surface area contributed by atoms with E-state index < -0.39 is 41.5 Å². The lowest BCUT2D eigenvalue weighted by molar-refractivity contribution is -0.136. The van der Waals surface area contributed by atoms with E-state index in [9.17, 15) is 38.4 Å². The zero-order valence-electron chi connectivity index (χ0n) is 36.4. The quantitative estimate of drug-likeness (QED) is 0.0473. The minimum absolute atomic E-state index is 0.00610. The molecule has 1 fully saturated rings. The molecule has 2 aromatic heterocycles. The third-order valence-electron chi connectivity index (χ3n) is 11.5. The minimum Gasteiger partial charge on any atom is -0.494 e. The third-order valence-corrected chi connectivity index (χ3v) is 11.7. The van der Waals surface area contributed by atoms with Crippen molar-refractivity contribution in [1.82, 2.24) is 30.1 Å². The van der Waals surface area contributed by atoms with Crippen LogP contribution in [-0.4, -0.2) is 86.5 Å². The first kappa shape index (κ1) is 46.8. The second kappa shape index (κ2) is 21.7. The Bertz CT molecular complexity index is 2730. The molecular weight excluding hydrogens is 870 g/mol. The summed E-state index contributed by atoms with van der Waals surface area (Å²) >= 11 is 6.01. The molecule has 1 unspecified atom stereocenters. The molecule has 17 nitrogen and oxygen atoms in total. The second-order valence-corrected chi connectivity index (χ2v) is 16.7. The van der Waals surface area contributed by atoms with Crippen molar-refractivity contribution in [2.75, 3.05) is 25.1 Å². The molecule has 6 amide bonds. The van der Waals surface area contributed by atoms with E-state index in [1.807, 2.05) is 12.1 Å². The van der Waals surface area contributed by atoms with Gasteiger partial charge in [0.25, 0.3) is 29.2 Å². The monoisotopic (exact) mass is 919 g/mol. The van der Waals surface area contributed by atoms with Gasteiger partial charge in [-0.2, -0.15) is 0 Å². The highest BCUT2D eigenvalue weighted by Crippen LogP contribution is 2.33. The summed E-state index contributed by atoms with van der Waals surface area (Å²) < 4.78 is 12.8. The van der Waals surface area contributed by atoms with Crippen LogP contribution in [0.4, 0.5) is 5.69 Å². The lowest BCUT2D eigenvalue weighted by Gasteiger charge is -2.27. The van der Waals surface area contributed by atoms with Crippen molar-refractivity contribution >= 4 is 64.2 Å². The van der Waals surface area contributed by atoms with Crippen LogP contribution >= 0.6 is 11.6 Å². The number of rotatable bonds is 22. The number of nitrogens with zero attached hydrogens (tertiary/aromatic N) is 3. The van der Waals surface area contributed by atoms with Gasteiger partial charge in [-0.15, -0.1) is 0 Å². The molecule has 66 heavy (non-hydrogen) atoms. The molecule has 18 heteroatoms. The number of anilines is 1. The number of amides is 6. The topological polar surface area (TPSA) is 227 Å². The standard InChI is InChI=1S/C48H50ClN7O10/c1-29-36(25-30-17-19-31(49)20-18-30)47(63)56-43(52-29)37(27-51-56)44(60)53-32-11-9-14-34(26-32)65-24-8-4-6-13-33(57)12-5-2-3-7-23-50-41(59)28-66-39-16-10-15-35-42(39)48(64)55(46(35)62)38-21-22-40(58)54-45(38)61/h9-11,14-20,26-27,38,51H,2-8,12-13,21-25,28H2,1H3,(H,50,59)(H,53,60)(H,54,58,61). The fourth-order valence-corrected chi connectivity index (χ4v) is 8.06. The van der Waals surface area contributed by atoms with E-state index in [0.29, 0.717) is 66.6 Å². The van der Waals surface area contributed by atoms with Gasteiger partial charge in [-0.05, 0) is 87.4 Å². The van der Waals surface area contributed by atoms with Crippen molar-refractivity contribution in [2.24, 2.45) is 0 Å². The Morgan fingerprint density at radius 3 is 2.38 bits per heavy atom. The highest BCUT2D eigenvalue weighted by atomic mass is 35.5. The predicted molar refractivity (Wildman–Crippen MR) is 243 cm³/mol. The number of ether oxygens (including phenoxy) is 2. The summed E-state index contributed by atoms with van der Waals surface area (Å²) in [7, 11) is 0. The van der Waals surface area contributed by atoms with Crippen molar-refractivity contribution in [3.8, 4) is 11.5 Å². The number of hydrogen-bond donors (Lipinski definition) is 4. The van der Waals surface area contributed by atoms with Crippen molar-refractivity contribution in [3.63, 3.8) is 0 Å². The van der Waals surface area contributed by atoms with Crippen molar-refractivity contribution in [3.05, 3.63) is 122 Å². The number of nitrogens with one attached hydrogen (secondary N) is 4. The lowest BCUT2D eigenvalue weighted by Crippen LogP contribution is -2.54.